The predicted octanol–water partition coefficient (Wildman–Crippen LogP) is 13.3. The fraction of sp³-hybridized carbons (Fsp3) is 0. The van der Waals surface area contributed by atoms with Crippen LogP contribution in [-0.4, -0.2) is 14.5 Å². The first-order chi connectivity index (χ1) is 30.6. The van der Waals surface area contributed by atoms with E-state index >= 15 is 0 Å². The third-order valence-corrected chi connectivity index (χ3v) is 11.2. The standard InChI is InChI=1S/C55H33N7/c56-34-39-13-7-9-19-46(39)51-33-52(60-55(59-51)48-20-10-8-14-40(48)35-57)47-29-25-38(31-41(47)36-58)37-23-26-44(27-24-37)62-53-22-12-11-21-49(53)50-32-45(28-30-54(50)62)61(42-15-3-1-4-16-42)43-17-5-2-6-18-43/h1-33H. The molecule has 288 valence electrons. The van der Waals surface area contributed by atoms with Crippen LogP contribution in [0.3, 0.4) is 0 Å². The van der Waals surface area contributed by atoms with E-state index in [-0.39, 0.29) is 0 Å². The van der Waals surface area contributed by atoms with Crippen LogP contribution in [-0.2, 0) is 0 Å². The third-order valence-electron chi connectivity index (χ3n) is 11.2. The van der Waals surface area contributed by atoms with Crippen LogP contribution in [0.2, 0.25) is 0 Å². The second kappa shape index (κ2) is 15.9. The highest BCUT2D eigenvalue weighted by molar-refractivity contribution is 6.10. The van der Waals surface area contributed by atoms with Gasteiger partial charge in [0.2, 0.25) is 0 Å². The Hall–Kier alpha value is -9.09. The van der Waals surface area contributed by atoms with Crippen molar-refractivity contribution in [3.63, 3.8) is 0 Å². The van der Waals surface area contributed by atoms with Gasteiger partial charge in [-0.1, -0.05) is 109 Å². The van der Waals surface area contributed by atoms with Crippen LogP contribution in [0, 0.1) is 34.0 Å². The number of rotatable bonds is 8. The van der Waals surface area contributed by atoms with Crippen LogP contribution < -0.4 is 4.90 Å². The summed E-state index contributed by atoms with van der Waals surface area (Å²) in [6.07, 6.45) is 0. The van der Waals surface area contributed by atoms with Crippen LogP contribution in [0.5, 0.6) is 0 Å². The first-order valence-corrected chi connectivity index (χ1v) is 20.1. The summed E-state index contributed by atoms with van der Waals surface area (Å²) in [5.74, 6) is 0.331. The number of fused-ring (bicyclic) bond motifs is 3. The monoisotopic (exact) mass is 791 g/mol. The smallest absolute Gasteiger partial charge is 0.161 e. The zero-order chi connectivity index (χ0) is 42.0. The minimum absolute atomic E-state index is 0.331. The molecule has 0 aliphatic rings. The average Bonchev–Trinajstić information content (AvgIpc) is 3.68. The quantitative estimate of drug-likeness (QED) is 0.152. The molecule has 62 heavy (non-hydrogen) atoms. The Balaban J connectivity index is 1.03. The second-order valence-corrected chi connectivity index (χ2v) is 14.8. The Kier molecular flexibility index (Phi) is 9.56. The predicted molar refractivity (Wildman–Crippen MR) is 247 cm³/mol. The van der Waals surface area contributed by atoms with Gasteiger partial charge in [-0.2, -0.15) is 15.8 Å². The highest BCUT2D eigenvalue weighted by Crippen LogP contribution is 2.40. The summed E-state index contributed by atoms with van der Waals surface area (Å²) in [5.41, 5.74) is 12.4. The van der Waals surface area contributed by atoms with Gasteiger partial charge in [-0.05, 0) is 102 Å². The maximum atomic E-state index is 10.6. The highest BCUT2D eigenvalue weighted by atomic mass is 15.1. The van der Waals surface area contributed by atoms with E-state index in [4.69, 9.17) is 9.97 Å². The zero-order valence-electron chi connectivity index (χ0n) is 33.2. The maximum Gasteiger partial charge on any atom is 0.161 e. The van der Waals surface area contributed by atoms with Crippen molar-refractivity contribution in [2.45, 2.75) is 0 Å². The molecule has 7 heteroatoms. The third kappa shape index (κ3) is 6.67. The van der Waals surface area contributed by atoms with Gasteiger partial charge in [0.15, 0.2) is 5.82 Å². The molecule has 0 aliphatic carbocycles. The normalized spacial score (nSPS) is 10.9. The second-order valence-electron chi connectivity index (χ2n) is 14.8. The van der Waals surface area contributed by atoms with Crippen LogP contribution in [0.15, 0.2) is 200 Å². The molecule has 0 aliphatic heterocycles. The molecule has 0 spiro atoms. The van der Waals surface area contributed by atoms with Crippen molar-refractivity contribution in [1.82, 2.24) is 14.5 Å². The molecule has 2 aromatic heterocycles. The Labute approximate surface area is 358 Å². The van der Waals surface area contributed by atoms with Crippen molar-refractivity contribution in [2.75, 3.05) is 4.90 Å². The molecule has 10 rings (SSSR count). The van der Waals surface area contributed by atoms with Gasteiger partial charge in [-0.25, -0.2) is 9.97 Å². The lowest BCUT2D eigenvalue weighted by molar-refractivity contribution is 1.18. The van der Waals surface area contributed by atoms with E-state index in [1.807, 2.05) is 48.5 Å². The van der Waals surface area contributed by atoms with Gasteiger partial charge in [0.05, 0.1) is 57.3 Å². The Morgan fingerprint density at radius 2 is 0.919 bits per heavy atom. The van der Waals surface area contributed by atoms with Gasteiger partial charge in [0.1, 0.15) is 0 Å². The summed E-state index contributed by atoms with van der Waals surface area (Å²) < 4.78 is 2.30. The van der Waals surface area contributed by atoms with Crippen LogP contribution in [0.4, 0.5) is 17.1 Å². The molecular weight excluding hydrogens is 759 g/mol. The minimum atomic E-state index is 0.331. The lowest BCUT2D eigenvalue weighted by Crippen LogP contribution is -2.09. The number of nitriles is 3. The summed E-state index contributed by atoms with van der Waals surface area (Å²) in [5, 5.41) is 32.7. The van der Waals surface area contributed by atoms with E-state index in [1.165, 1.54) is 0 Å². The lowest BCUT2D eigenvalue weighted by atomic mass is 9.96. The number of para-hydroxylation sites is 3. The highest BCUT2D eigenvalue weighted by Gasteiger charge is 2.19. The molecule has 10 aromatic rings. The molecule has 0 amide bonds. The van der Waals surface area contributed by atoms with Gasteiger partial charge in [0, 0.05) is 50.2 Å². The van der Waals surface area contributed by atoms with Crippen molar-refractivity contribution >= 4 is 38.9 Å². The zero-order valence-corrected chi connectivity index (χ0v) is 33.2. The van der Waals surface area contributed by atoms with Crippen LogP contribution in [0.25, 0.3) is 72.5 Å². The van der Waals surface area contributed by atoms with Crippen LogP contribution >= 0.6 is 0 Å². The van der Waals surface area contributed by atoms with Gasteiger partial charge in [-0.3, -0.25) is 0 Å². The number of aromatic nitrogens is 3. The van der Waals surface area contributed by atoms with E-state index < -0.39 is 0 Å². The Morgan fingerprint density at radius 1 is 0.387 bits per heavy atom. The van der Waals surface area contributed by atoms with Gasteiger partial charge >= 0.3 is 0 Å². The SMILES string of the molecule is N#Cc1ccccc1-c1cc(-c2ccc(-c3ccc(-n4c5ccccc5c5cc(N(c6ccccc6)c6ccccc6)ccc54)cc3)cc2C#N)nc(-c2ccccc2C#N)n1. The largest absolute Gasteiger partial charge is 0.310 e. The molecule has 7 nitrogen and oxygen atoms in total. The van der Waals surface area contributed by atoms with Gasteiger partial charge in [0.25, 0.3) is 0 Å². The number of anilines is 3. The molecule has 0 radical (unpaired) electrons. The average molecular weight is 792 g/mol. The van der Waals surface area contributed by atoms with E-state index in [2.05, 4.69) is 143 Å². The number of nitrogens with zero attached hydrogens (tertiary/aromatic N) is 7. The molecule has 0 saturated heterocycles. The molecule has 8 aromatic carbocycles. The van der Waals surface area contributed by atoms with Gasteiger partial charge in [-0.15, -0.1) is 0 Å². The van der Waals surface area contributed by atoms with E-state index in [0.29, 0.717) is 50.6 Å². The minimum Gasteiger partial charge on any atom is -0.310 e. The molecular formula is C55H33N7. The van der Waals surface area contributed by atoms with E-state index in [0.717, 1.165) is 55.7 Å². The molecule has 0 bridgehead atoms. The maximum absolute atomic E-state index is 10.6. The Bertz CT molecular complexity index is 3330. The summed E-state index contributed by atoms with van der Waals surface area (Å²) in [6, 6.07) is 73.3. The molecule has 0 saturated carbocycles. The number of benzene rings is 8. The fourth-order valence-electron chi connectivity index (χ4n) is 8.25. The summed E-state index contributed by atoms with van der Waals surface area (Å²) >= 11 is 0. The van der Waals surface area contributed by atoms with Gasteiger partial charge < -0.3 is 9.47 Å². The van der Waals surface area contributed by atoms with Crippen molar-refractivity contribution in [1.29, 1.82) is 15.8 Å². The Morgan fingerprint density at radius 3 is 1.58 bits per heavy atom. The van der Waals surface area contributed by atoms with E-state index in [1.54, 1.807) is 36.4 Å². The number of hydrogen-bond donors (Lipinski definition) is 0. The van der Waals surface area contributed by atoms with E-state index in [9.17, 15) is 15.8 Å². The molecule has 0 N–H and O–H groups in total. The summed E-state index contributed by atoms with van der Waals surface area (Å²) in [7, 11) is 0. The molecule has 0 atom stereocenters. The summed E-state index contributed by atoms with van der Waals surface area (Å²) in [6.45, 7) is 0. The first kappa shape index (κ1) is 37.2. The molecule has 0 fully saturated rings. The fourth-order valence-corrected chi connectivity index (χ4v) is 8.25. The first-order valence-electron chi connectivity index (χ1n) is 20.1. The molecule has 2 heterocycles. The van der Waals surface area contributed by atoms with Crippen LogP contribution in [0.1, 0.15) is 16.7 Å². The molecule has 0 unspecified atom stereocenters. The summed E-state index contributed by atoms with van der Waals surface area (Å²) in [4.78, 5) is 12.0. The lowest BCUT2D eigenvalue weighted by Gasteiger charge is -2.25. The van der Waals surface area contributed by atoms with Crippen molar-refractivity contribution in [2.24, 2.45) is 0 Å². The van der Waals surface area contributed by atoms with Crippen molar-refractivity contribution in [3.8, 4) is 68.9 Å². The topological polar surface area (TPSA) is 105 Å². The number of hydrogen-bond acceptors (Lipinski definition) is 6. The van der Waals surface area contributed by atoms with Crippen molar-refractivity contribution < 1.29 is 0 Å². The van der Waals surface area contributed by atoms with Crippen molar-refractivity contribution in [3.05, 3.63) is 217 Å².